The molecule has 1 aromatic carbocycles. The van der Waals surface area contributed by atoms with E-state index in [2.05, 4.69) is 33.1 Å². The molecule has 0 atom stereocenters. The number of pyridine rings is 1. The molecule has 0 radical (unpaired) electrons. The Balaban J connectivity index is 1.64. The lowest BCUT2D eigenvalue weighted by Gasteiger charge is -2.37. The number of phenolic OH excluding ortho intramolecular Hbond substituents is 1. The van der Waals surface area contributed by atoms with Gasteiger partial charge in [-0.3, -0.25) is 0 Å². The van der Waals surface area contributed by atoms with E-state index < -0.39 is 0 Å². The highest BCUT2D eigenvalue weighted by atomic mass is 16.5. The third-order valence-corrected chi connectivity index (χ3v) is 4.62. The lowest BCUT2D eigenvalue weighted by atomic mass is 10.2. The van der Waals surface area contributed by atoms with Crippen LogP contribution in [0.15, 0.2) is 47.6 Å². The van der Waals surface area contributed by atoms with Crippen molar-refractivity contribution in [3.63, 3.8) is 0 Å². The number of hydrogen-bond donors (Lipinski definition) is 2. The van der Waals surface area contributed by atoms with Crippen LogP contribution >= 0.6 is 0 Å². The van der Waals surface area contributed by atoms with E-state index in [0.29, 0.717) is 18.9 Å². The molecule has 0 amide bonds. The number of nitrogens with one attached hydrogen (secondary N) is 1. The number of hydrogen-bond acceptors (Lipinski definition) is 5. The van der Waals surface area contributed by atoms with Crippen LogP contribution in [-0.4, -0.2) is 60.3 Å². The molecule has 2 N–H and O–H groups in total. The molecule has 150 valence electrons. The maximum atomic E-state index is 9.86. The first-order chi connectivity index (χ1) is 13.7. The Labute approximate surface area is 166 Å². The van der Waals surface area contributed by atoms with Gasteiger partial charge in [0.2, 0.25) is 0 Å². The monoisotopic (exact) mass is 383 g/mol. The number of ether oxygens (including phenoxy) is 1. The fourth-order valence-electron chi connectivity index (χ4n) is 3.21. The molecule has 7 heteroatoms. The summed E-state index contributed by atoms with van der Waals surface area (Å²) in [6, 6.07) is 11.4. The van der Waals surface area contributed by atoms with Crippen molar-refractivity contribution in [3.8, 4) is 11.5 Å². The minimum absolute atomic E-state index is 0.159. The summed E-state index contributed by atoms with van der Waals surface area (Å²) < 4.78 is 5.47. The minimum Gasteiger partial charge on any atom is -0.504 e. The van der Waals surface area contributed by atoms with Crippen molar-refractivity contribution in [3.05, 3.63) is 48.2 Å². The summed E-state index contributed by atoms with van der Waals surface area (Å²) in [5.41, 5.74) is 1.00. The van der Waals surface area contributed by atoms with Crippen LogP contribution < -0.4 is 15.0 Å². The zero-order valence-corrected chi connectivity index (χ0v) is 16.6. The summed E-state index contributed by atoms with van der Waals surface area (Å²) in [7, 11) is 0. The fraction of sp³-hybridized carbons (Fsp3) is 0.429. The van der Waals surface area contributed by atoms with Gasteiger partial charge >= 0.3 is 0 Å². The maximum absolute atomic E-state index is 9.86. The lowest BCUT2D eigenvalue weighted by molar-refractivity contribution is 0.317. The minimum atomic E-state index is 0.159. The van der Waals surface area contributed by atoms with Crippen molar-refractivity contribution in [2.24, 2.45) is 4.99 Å². The molecule has 1 aliphatic heterocycles. The van der Waals surface area contributed by atoms with E-state index in [1.807, 2.05) is 37.4 Å². The largest absolute Gasteiger partial charge is 0.504 e. The quantitative estimate of drug-likeness (QED) is 0.590. The van der Waals surface area contributed by atoms with Crippen molar-refractivity contribution in [1.82, 2.24) is 15.2 Å². The Morgan fingerprint density at radius 2 is 2.00 bits per heavy atom. The molecule has 1 saturated heterocycles. The summed E-state index contributed by atoms with van der Waals surface area (Å²) in [5.74, 6) is 2.60. The zero-order valence-electron chi connectivity index (χ0n) is 16.6. The SMILES string of the molecule is CCNC(=NCc1ccc(O)c(OCC)c1)N1CCN(c2ccccn2)CC1. The van der Waals surface area contributed by atoms with Crippen molar-refractivity contribution >= 4 is 11.8 Å². The second-order valence-corrected chi connectivity index (χ2v) is 6.57. The Morgan fingerprint density at radius 3 is 2.68 bits per heavy atom. The average molecular weight is 383 g/mol. The van der Waals surface area contributed by atoms with Gasteiger partial charge in [0.15, 0.2) is 17.5 Å². The molecule has 0 spiro atoms. The van der Waals surface area contributed by atoms with Gasteiger partial charge in [0.05, 0.1) is 13.2 Å². The first-order valence-electron chi connectivity index (χ1n) is 9.85. The van der Waals surface area contributed by atoms with Gasteiger partial charge in [-0.15, -0.1) is 0 Å². The predicted molar refractivity (Wildman–Crippen MR) is 112 cm³/mol. The van der Waals surface area contributed by atoms with Crippen LogP contribution in [-0.2, 0) is 6.54 Å². The number of piperazine rings is 1. The average Bonchev–Trinajstić information content (AvgIpc) is 2.74. The highest BCUT2D eigenvalue weighted by Crippen LogP contribution is 2.27. The number of phenols is 1. The smallest absolute Gasteiger partial charge is 0.194 e. The number of aromatic hydroxyl groups is 1. The summed E-state index contributed by atoms with van der Waals surface area (Å²) >= 11 is 0. The standard InChI is InChI=1S/C21H29N5O2/c1-3-22-21(24-16-17-8-9-18(27)19(15-17)28-4-2)26-13-11-25(12-14-26)20-7-5-6-10-23-20/h5-10,15,27H,3-4,11-14,16H2,1-2H3,(H,22,24). The second kappa shape index (κ2) is 9.82. The molecule has 7 nitrogen and oxygen atoms in total. The van der Waals surface area contributed by atoms with Crippen molar-refractivity contribution in [1.29, 1.82) is 0 Å². The molecule has 0 saturated carbocycles. The van der Waals surface area contributed by atoms with Gasteiger partial charge in [0.1, 0.15) is 5.82 Å². The molecule has 0 aliphatic carbocycles. The van der Waals surface area contributed by atoms with Crippen LogP contribution in [0.5, 0.6) is 11.5 Å². The molecule has 0 unspecified atom stereocenters. The van der Waals surface area contributed by atoms with Gasteiger partial charge in [-0.05, 0) is 43.7 Å². The molecule has 2 heterocycles. The van der Waals surface area contributed by atoms with Crippen molar-refractivity contribution < 1.29 is 9.84 Å². The number of anilines is 1. The first-order valence-corrected chi connectivity index (χ1v) is 9.85. The number of rotatable bonds is 6. The van der Waals surface area contributed by atoms with E-state index in [-0.39, 0.29) is 5.75 Å². The van der Waals surface area contributed by atoms with Crippen LogP contribution in [0.4, 0.5) is 5.82 Å². The Morgan fingerprint density at radius 1 is 1.18 bits per heavy atom. The van der Waals surface area contributed by atoms with Crippen molar-refractivity contribution in [2.75, 3.05) is 44.2 Å². The molecular formula is C21H29N5O2. The van der Waals surface area contributed by atoms with E-state index in [1.165, 1.54) is 0 Å². The molecule has 3 rings (SSSR count). The van der Waals surface area contributed by atoms with Crippen LogP contribution in [0.2, 0.25) is 0 Å². The van der Waals surface area contributed by atoms with Crippen LogP contribution in [0.25, 0.3) is 0 Å². The third kappa shape index (κ3) is 5.06. The maximum Gasteiger partial charge on any atom is 0.194 e. The normalized spacial score (nSPS) is 14.9. The molecular weight excluding hydrogens is 354 g/mol. The molecule has 1 fully saturated rings. The molecule has 1 aliphatic rings. The molecule has 0 bridgehead atoms. The molecule has 1 aromatic heterocycles. The van der Waals surface area contributed by atoms with Crippen LogP contribution in [0.3, 0.4) is 0 Å². The highest BCUT2D eigenvalue weighted by molar-refractivity contribution is 5.80. The van der Waals surface area contributed by atoms with Gasteiger partial charge in [0, 0.05) is 38.9 Å². The van der Waals surface area contributed by atoms with Crippen LogP contribution in [0.1, 0.15) is 19.4 Å². The third-order valence-electron chi connectivity index (χ3n) is 4.62. The summed E-state index contributed by atoms with van der Waals surface area (Å²) in [5, 5.41) is 13.2. The number of guanidine groups is 1. The Kier molecular flexibility index (Phi) is 6.94. The van der Waals surface area contributed by atoms with E-state index in [4.69, 9.17) is 9.73 Å². The van der Waals surface area contributed by atoms with Gasteiger partial charge in [-0.2, -0.15) is 0 Å². The number of nitrogens with zero attached hydrogens (tertiary/aromatic N) is 4. The Bertz CT molecular complexity index is 774. The summed E-state index contributed by atoms with van der Waals surface area (Å²) in [6.45, 7) is 9.45. The van der Waals surface area contributed by atoms with E-state index in [1.54, 1.807) is 6.07 Å². The lowest BCUT2D eigenvalue weighted by Crippen LogP contribution is -2.52. The number of aliphatic imine (C=N–C) groups is 1. The van der Waals surface area contributed by atoms with Gasteiger partial charge < -0.3 is 25.0 Å². The topological polar surface area (TPSA) is 73.2 Å². The summed E-state index contributed by atoms with van der Waals surface area (Å²) in [4.78, 5) is 13.8. The number of aromatic nitrogens is 1. The van der Waals surface area contributed by atoms with Gasteiger partial charge in [-0.25, -0.2) is 9.98 Å². The van der Waals surface area contributed by atoms with E-state index in [9.17, 15) is 5.11 Å². The molecule has 28 heavy (non-hydrogen) atoms. The summed E-state index contributed by atoms with van der Waals surface area (Å²) in [6.07, 6.45) is 1.83. The Hall–Kier alpha value is -2.96. The van der Waals surface area contributed by atoms with E-state index >= 15 is 0 Å². The van der Waals surface area contributed by atoms with Gasteiger partial charge in [-0.1, -0.05) is 12.1 Å². The fourth-order valence-corrected chi connectivity index (χ4v) is 3.21. The zero-order chi connectivity index (χ0) is 19.8. The van der Waals surface area contributed by atoms with Gasteiger partial charge in [0.25, 0.3) is 0 Å². The van der Waals surface area contributed by atoms with E-state index in [0.717, 1.165) is 50.1 Å². The van der Waals surface area contributed by atoms with Crippen LogP contribution in [0, 0.1) is 0 Å². The first kappa shape index (κ1) is 19.8. The number of benzene rings is 1. The van der Waals surface area contributed by atoms with Crippen molar-refractivity contribution in [2.45, 2.75) is 20.4 Å². The predicted octanol–water partition coefficient (Wildman–Crippen LogP) is 2.47. The molecule has 2 aromatic rings. The highest BCUT2D eigenvalue weighted by Gasteiger charge is 2.20. The second-order valence-electron chi connectivity index (χ2n) is 6.57.